The molecule has 1 aliphatic rings. The molecule has 68 valence electrons. The van der Waals surface area contributed by atoms with E-state index >= 15 is 0 Å². The molecule has 0 amide bonds. The van der Waals surface area contributed by atoms with Gasteiger partial charge >= 0.3 is 0 Å². The maximum Gasteiger partial charge on any atom is 0.0730 e. The molecule has 1 aliphatic carbocycles. The Hall–Kier alpha value is -1.14. The zero-order valence-corrected chi connectivity index (χ0v) is 8.48. The summed E-state index contributed by atoms with van der Waals surface area (Å²) < 4.78 is 0. The van der Waals surface area contributed by atoms with Crippen molar-refractivity contribution in [2.45, 2.75) is 39.5 Å². The summed E-state index contributed by atoms with van der Waals surface area (Å²) in [5, 5.41) is 0. The van der Waals surface area contributed by atoms with Crippen LogP contribution in [-0.2, 0) is 0 Å². The fraction of sp³-hybridized carbons (Fsp3) is 0.538. The van der Waals surface area contributed by atoms with Crippen molar-refractivity contribution < 1.29 is 0 Å². The van der Waals surface area contributed by atoms with E-state index in [9.17, 15) is 0 Å². The molecule has 1 saturated carbocycles. The lowest BCUT2D eigenvalue weighted by Gasteiger charge is -2.30. The SMILES string of the molecule is C#CC(C#C)=C1CCC(C)(C)CC1. The first-order valence-corrected chi connectivity index (χ1v) is 4.74. The van der Waals surface area contributed by atoms with E-state index in [4.69, 9.17) is 12.8 Å². The third-order valence-electron chi connectivity index (χ3n) is 2.85. The molecule has 0 radical (unpaired) electrons. The van der Waals surface area contributed by atoms with Gasteiger partial charge in [0.1, 0.15) is 0 Å². The monoisotopic (exact) mass is 172 g/mol. The van der Waals surface area contributed by atoms with Gasteiger partial charge in [0.25, 0.3) is 0 Å². The second-order valence-corrected chi connectivity index (χ2v) is 4.43. The molecular weight excluding hydrogens is 156 g/mol. The second kappa shape index (κ2) is 3.71. The molecule has 0 aromatic rings. The van der Waals surface area contributed by atoms with Gasteiger partial charge in [0.15, 0.2) is 0 Å². The van der Waals surface area contributed by atoms with Gasteiger partial charge in [0, 0.05) is 0 Å². The fourth-order valence-electron chi connectivity index (χ4n) is 1.72. The molecule has 0 aromatic heterocycles. The summed E-state index contributed by atoms with van der Waals surface area (Å²) in [7, 11) is 0. The normalized spacial score (nSPS) is 20.2. The Kier molecular flexibility index (Phi) is 2.84. The van der Waals surface area contributed by atoms with Crippen molar-refractivity contribution in [1.29, 1.82) is 0 Å². The molecule has 0 aliphatic heterocycles. The van der Waals surface area contributed by atoms with Crippen LogP contribution in [0, 0.1) is 30.1 Å². The van der Waals surface area contributed by atoms with Crippen LogP contribution in [0.5, 0.6) is 0 Å². The Morgan fingerprint density at radius 3 is 2.00 bits per heavy atom. The zero-order valence-electron chi connectivity index (χ0n) is 8.48. The van der Waals surface area contributed by atoms with Gasteiger partial charge in [-0.25, -0.2) is 0 Å². The summed E-state index contributed by atoms with van der Waals surface area (Å²) in [5.41, 5.74) is 2.57. The van der Waals surface area contributed by atoms with Gasteiger partial charge in [0.05, 0.1) is 5.57 Å². The smallest absolute Gasteiger partial charge is 0.0730 e. The van der Waals surface area contributed by atoms with Crippen LogP contribution < -0.4 is 0 Å². The van der Waals surface area contributed by atoms with Gasteiger partial charge in [-0.2, -0.15) is 0 Å². The zero-order chi connectivity index (χ0) is 9.90. The predicted molar refractivity (Wildman–Crippen MR) is 56.9 cm³/mol. The summed E-state index contributed by atoms with van der Waals surface area (Å²) in [5.74, 6) is 5.18. The molecule has 0 heterocycles. The Balaban J connectivity index is 2.77. The number of rotatable bonds is 0. The predicted octanol–water partition coefficient (Wildman–Crippen LogP) is 3.15. The first kappa shape index (κ1) is 9.94. The average molecular weight is 172 g/mol. The highest BCUT2D eigenvalue weighted by Gasteiger charge is 2.24. The molecule has 0 saturated heterocycles. The topological polar surface area (TPSA) is 0 Å². The van der Waals surface area contributed by atoms with Crippen molar-refractivity contribution in [3.05, 3.63) is 11.1 Å². The van der Waals surface area contributed by atoms with E-state index in [1.54, 1.807) is 0 Å². The second-order valence-electron chi connectivity index (χ2n) is 4.43. The summed E-state index contributed by atoms with van der Waals surface area (Å²) in [6, 6.07) is 0. The van der Waals surface area contributed by atoms with Crippen LogP contribution in [0.15, 0.2) is 11.1 Å². The largest absolute Gasteiger partial charge is 0.114 e. The lowest BCUT2D eigenvalue weighted by Crippen LogP contribution is -2.17. The maximum atomic E-state index is 5.33. The van der Waals surface area contributed by atoms with E-state index in [-0.39, 0.29) is 0 Å². The van der Waals surface area contributed by atoms with Crippen molar-refractivity contribution >= 4 is 0 Å². The molecule has 0 aromatic carbocycles. The van der Waals surface area contributed by atoms with Crippen molar-refractivity contribution in [1.82, 2.24) is 0 Å². The van der Waals surface area contributed by atoms with Crippen LogP contribution in [0.3, 0.4) is 0 Å². The Morgan fingerprint density at radius 2 is 1.62 bits per heavy atom. The molecule has 0 nitrogen and oxygen atoms in total. The van der Waals surface area contributed by atoms with Crippen molar-refractivity contribution in [2.24, 2.45) is 5.41 Å². The first-order valence-electron chi connectivity index (χ1n) is 4.74. The highest BCUT2D eigenvalue weighted by atomic mass is 14.3. The highest BCUT2D eigenvalue weighted by Crippen LogP contribution is 2.38. The van der Waals surface area contributed by atoms with Crippen molar-refractivity contribution in [2.75, 3.05) is 0 Å². The van der Waals surface area contributed by atoms with Crippen molar-refractivity contribution in [3.8, 4) is 24.7 Å². The van der Waals surface area contributed by atoms with E-state index in [1.807, 2.05) is 0 Å². The van der Waals surface area contributed by atoms with Gasteiger partial charge in [-0.3, -0.25) is 0 Å². The maximum absolute atomic E-state index is 5.33. The lowest BCUT2D eigenvalue weighted by molar-refractivity contribution is 0.278. The Bertz CT molecular complexity index is 274. The van der Waals surface area contributed by atoms with Crippen LogP contribution in [-0.4, -0.2) is 0 Å². The minimum absolute atomic E-state index is 0.470. The van der Waals surface area contributed by atoms with E-state index < -0.39 is 0 Å². The van der Waals surface area contributed by atoms with E-state index in [0.717, 1.165) is 18.4 Å². The van der Waals surface area contributed by atoms with E-state index in [0.29, 0.717) is 5.41 Å². The van der Waals surface area contributed by atoms with Crippen LogP contribution in [0.4, 0.5) is 0 Å². The molecule has 0 bridgehead atoms. The van der Waals surface area contributed by atoms with E-state index in [2.05, 4.69) is 25.7 Å². The molecule has 0 N–H and O–H groups in total. The summed E-state index contributed by atoms with van der Waals surface area (Å²) >= 11 is 0. The van der Waals surface area contributed by atoms with Gasteiger partial charge in [-0.05, 0) is 36.7 Å². The highest BCUT2D eigenvalue weighted by molar-refractivity contribution is 5.45. The number of terminal acetylenes is 2. The van der Waals surface area contributed by atoms with Crippen molar-refractivity contribution in [3.63, 3.8) is 0 Å². The molecule has 13 heavy (non-hydrogen) atoms. The van der Waals surface area contributed by atoms with Gasteiger partial charge in [-0.1, -0.05) is 25.7 Å². The third-order valence-corrected chi connectivity index (χ3v) is 2.85. The number of hydrogen-bond donors (Lipinski definition) is 0. The molecule has 0 unspecified atom stereocenters. The van der Waals surface area contributed by atoms with Gasteiger partial charge < -0.3 is 0 Å². The summed E-state index contributed by atoms with van der Waals surface area (Å²) in [6.07, 6.45) is 15.2. The molecule has 0 atom stereocenters. The number of hydrogen-bond acceptors (Lipinski definition) is 0. The quantitative estimate of drug-likeness (QED) is 0.492. The summed E-state index contributed by atoms with van der Waals surface area (Å²) in [4.78, 5) is 0. The van der Waals surface area contributed by atoms with E-state index in [1.165, 1.54) is 18.4 Å². The van der Waals surface area contributed by atoms with Crippen LogP contribution in [0.25, 0.3) is 0 Å². The van der Waals surface area contributed by atoms with Crippen LogP contribution >= 0.6 is 0 Å². The standard InChI is InChI=1S/C13H16/c1-5-11(6-2)12-7-9-13(3,4)10-8-12/h1-2H,7-10H2,3-4H3. The molecule has 0 spiro atoms. The average Bonchev–Trinajstić information content (AvgIpc) is 2.09. The Morgan fingerprint density at radius 1 is 1.15 bits per heavy atom. The van der Waals surface area contributed by atoms with Gasteiger partial charge in [0.2, 0.25) is 0 Å². The fourth-order valence-corrected chi connectivity index (χ4v) is 1.72. The molecule has 0 heteroatoms. The minimum Gasteiger partial charge on any atom is -0.114 e. The lowest BCUT2D eigenvalue weighted by atomic mass is 9.74. The molecule has 1 fully saturated rings. The third kappa shape index (κ3) is 2.40. The van der Waals surface area contributed by atoms with Gasteiger partial charge in [-0.15, -0.1) is 12.8 Å². The Labute approximate surface area is 81.4 Å². The molecular formula is C13H16. The number of allylic oxidation sites excluding steroid dienone is 2. The van der Waals surface area contributed by atoms with Crippen LogP contribution in [0.1, 0.15) is 39.5 Å². The van der Waals surface area contributed by atoms with Crippen LogP contribution in [0.2, 0.25) is 0 Å². The first-order chi connectivity index (χ1) is 6.09. The summed E-state index contributed by atoms with van der Waals surface area (Å²) in [6.45, 7) is 4.60. The minimum atomic E-state index is 0.470. The molecule has 1 rings (SSSR count).